The molecule has 3 heterocycles. The van der Waals surface area contributed by atoms with E-state index in [4.69, 9.17) is 13.9 Å². The number of carbonyl (C=O) groups is 1. The van der Waals surface area contributed by atoms with Crippen molar-refractivity contribution in [3.05, 3.63) is 58.3 Å². The van der Waals surface area contributed by atoms with E-state index in [1.807, 2.05) is 18.2 Å². The lowest BCUT2D eigenvalue weighted by atomic mass is 10.0. The van der Waals surface area contributed by atoms with Gasteiger partial charge in [0.15, 0.2) is 5.58 Å². The first-order chi connectivity index (χ1) is 17.9. The standard InChI is InChI=1S/C26H25FN4O5S/c1-31-19-8-14(3-5-20(19)36-26(31)33)23-9-18-22(37-23)6-4-15(24(18)27)7-16(10-28)30-25(32)21-12-29-11-17(34-2)13-35-21/h3-6,8-9,16-17,21,29H,7,11-13H2,1-2H3,(H,30,32)/t16-,17?,21+/m0/s1. The van der Waals surface area contributed by atoms with E-state index in [1.165, 1.54) is 15.9 Å². The van der Waals surface area contributed by atoms with Crippen LogP contribution in [0.1, 0.15) is 5.56 Å². The summed E-state index contributed by atoms with van der Waals surface area (Å²) in [7, 11) is 3.21. The largest absolute Gasteiger partial charge is 0.419 e. The molecular weight excluding hydrogens is 499 g/mol. The highest BCUT2D eigenvalue weighted by molar-refractivity contribution is 7.22. The molecule has 0 radical (unpaired) electrons. The molecule has 37 heavy (non-hydrogen) atoms. The summed E-state index contributed by atoms with van der Waals surface area (Å²) < 4.78 is 33.8. The van der Waals surface area contributed by atoms with E-state index in [2.05, 4.69) is 16.7 Å². The van der Waals surface area contributed by atoms with Crippen molar-refractivity contribution >= 4 is 38.4 Å². The Kier molecular flexibility index (Phi) is 7.08. The van der Waals surface area contributed by atoms with Crippen LogP contribution < -0.4 is 16.4 Å². The number of halogens is 1. The fourth-order valence-electron chi connectivity index (χ4n) is 4.35. The Morgan fingerprint density at radius 2 is 2.19 bits per heavy atom. The molecule has 1 unspecified atom stereocenters. The fraction of sp³-hybridized carbons (Fsp3) is 0.346. The molecule has 9 nitrogen and oxygen atoms in total. The molecule has 3 atom stereocenters. The number of hydrogen-bond acceptors (Lipinski definition) is 8. The van der Waals surface area contributed by atoms with Gasteiger partial charge in [0.05, 0.1) is 24.3 Å². The van der Waals surface area contributed by atoms with E-state index in [1.54, 1.807) is 32.4 Å². The van der Waals surface area contributed by atoms with Gasteiger partial charge in [-0.3, -0.25) is 9.36 Å². The predicted molar refractivity (Wildman–Crippen MR) is 137 cm³/mol. The Balaban J connectivity index is 1.34. The van der Waals surface area contributed by atoms with E-state index in [-0.39, 0.29) is 19.1 Å². The van der Waals surface area contributed by atoms with Gasteiger partial charge in [-0.25, -0.2) is 9.18 Å². The maximum absolute atomic E-state index is 15.5. The second kappa shape index (κ2) is 10.4. The van der Waals surface area contributed by atoms with Crippen molar-refractivity contribution in [2.24, 2.45) is 7.05 Å². The van der Waals surface area contributed by atoms with Crippen molar-refractivity contribution in [2.75, 3.05) is 26.8 Å². The highest BCUT2D eigenvalue weighted by atomic mass is 32.1. The summed E-state index contributed by atoms with van der Waals surface area (Å²) in [6.45, 7) is 1.11. The van der Waals surface area contributed by atoms with Gasteiger partial charge < -0.3 is 24.5 Å². The first-order valence-corrected chi connectivity index (χ1v) is 12.6. The van der Waals surface area contributed by atoms with Gasteiger partial charge in [0.1, 0.15) is 18.0 Å². The minimum Gasteiger partial charge on any atom is -0.408 e. The van der Waals surface area contributed by atoms with E-state index in [0.29, 0.717) is 35.1 Å². The Morgan fingerprint density at radius 3 is 2.97 bits per heavy atom. The van der Waals surface area contributed by atoms with E-state index < -0.39 is 29.6 Å². The van der Waals surface area contributed by atoms with Gasteiger partial charge in [0.25, 0.3) is 5.91 Å². The third-order valence-corrected chi connectivity index (χ3v) is 7.65. The molecule has 5 rings (SSSR count). The van der Waals surface area contributed by atoms with Gasteiger partial charge in [-0.05, 0) is 41.5 Å². The third kappa shape index (κ3) is 5.01. The Bertz CT molecular complexity index is 1570. The van der Waals surface area contributed by atoms with Crippen molar-refractivity contribution in [1.82, 2.24) is 15.2 Å². The number of nitrogens with zero attached hydrogens (tertiary/aromatic N) is 2. The number of carbonyl (C=O) groups excluding carboxylic acids is 1. The Labute approximate surface area is 215 Å². The van der Waals surface area contributed by atoms with Crippen molar-refractivity contribution < 1.29 is 23.1 Å². The topological polar surface area (TPSA) is 119 Å². The van der Waals surface area contributed by atoms with Gasteiger partial charge in [-0.2, -0.15) is 5.26 Å². The summed E-state index contributed by atoms with van der Waals surface area (Å²) >= 11 is 1.43. The zero-order chi connectivity index (χ0) is 26.1. The number of rotatable bonds is 6. The first-order valence-electron chi connectivity index (χ1n) is 11.7. The summed E-state index contributed by atoms with van der Waals surface area (Å²) in [5, 5.41) is 15.9. The molecule has 2 aromatic heterocycles. The summed E-state index contributed by atoms with van der Waals surface area (Å²) in [5.74, 6) is -1.31. The number of ether oxygens (including phenoxy) is 2. The molecular formula is C26H25FN4O5S. The Morgan fingerprint density at radius 1 is 1.35 bits per heavy atom. The van der Waals surface area contributed by atoms with E-state index >= 15 is 4.39 Å². The third-order valence-electron chi connectivity index (χ3n) is 6.50. The monoisotopic (exact) mass is 524 g/mol. The highest BCUT2D eigenvalue weighted by Gasteiger charge is 2.27. The molecule has 192 valence electrons. The number of hydrogen-bond donors (Lipinski definition) is 2. The van der Waals surface area contributed by atoms with Crippen LogP contribution in [0.25, 0.3) is 31.6 Å². The van der Waals surface area contributed by atoms with Gasteiger partial charge in [0, 0.05) is 48.6 Å². The number of aromatic nitrogens is 1. The molecule has 1 fully saturated rings. The molecule has 0 saturated carbocycles. The van der Waals surface area contributed by atoms with Crippen molar-refractivity contribution in [2.45, 2.75) is 24.7 Å². The van der Waals surface area contributed by atoms with Crippen LogP contribution in [0.4, 0.5) is 4.39 Å². The van der Waals surface area contributed by atoms with E-state index in [9.17, 15) is 14.9 Å². The van der Waals surface area contributed by atoms with E-state index in [0.717, 1.165) is 15.1 Å². The zero-order valence-electron chi connectivity index (χ0n) is 20.2. The van der Waals surface area contributed by atoms with Crippen LogP contribution in [0.2, 0.25) is 0 Å². The normalized spacial score (nSPS) is 19.0. The van der Waals surface area contributed by atoms with Gasteiger partial charge in [-0.1, -0.05) is 6.07 Å². The number of fused-ring (bicyclic) bond motifs is 2. The number of oxazole rings is 1. The lowest BCUT2D eigenvalue weighted by Gasteiger charge is -2.18. The molecule has 1 aliphatic rings. The second-order valence-electron chi connectivity index (χ2n) is 8.90. The van der Waals surface area contributed by atoms with Crippen LogP contribution in [0, 0.1) is 17.1 Å². The fourth-order valence-corrected chi connectivity index (χ4v) is 5.41. The van der Waals surface area contributed by atoms with Crippen molar-refractivity contribution in [1.29, 1.82) is 5.26 Å². The number of benzene rings is 2. The number of nitrogens with one attached hydrogen (secondary N) is 2. The SMILES string of the molecule is COC1CNC[C@H](C(=O)N[C@H](C#N)Cc2ccc3sc(-c4ccc5oc(=O)n(C)c5c4)cc3c2F)OC1. The molecule has 2 aromatic carbocycles. The molecule has 0 spiro atoms. The summed E-state index contributed by atoms with van der Waals surface area (Å²) in [5.41, 5.74) is 2.30. The van der Waals surface area contributed by atoms with Crippen LogP contribution in [0.15, 0.2) is 45.6 Å². The quantitative estimate of drug-likeness (QED) is 0.398. The lowest BCUT2D eigenvalue weighted by Crippen LogP contribution is -2.46. The van der Waals surface area contributed by atoms with Gasteiger partial charge >= 0.3 is 5.76 Å². The molecule has 0 bridgehead atoms. The minimum atomic E-state index is -0.924. The predicted octanol–water partition coefficient (Wildman–Crippen LogP) is 2.71. The summed E-state index contributed by atoms with van der Waals surface area (Å²) in [4.78, 5) is 25.3. The molecule has 11 heteroatoms. The average molecular weight is 525 g/mol. The summed E-state index contributed by atoms with van der Waals surface area (Å²) in [6.07, 6.45) is -0.914. The lowest BCUT2D eigenvalue weighted by molar-refractivity contribution is -0.133. The number of amides is 1. The number of thiophene rings is 1. The first kappa shape index (κ1) is 25.1. The van der Waals surface area contributed by atoms with Crippen LogP contribution in [0.5, 0.6) is 0 Å². The minimum absolute atomic E-state index is 0.0130. The van der Waals surface area contributed by atoms with Crippen molar-refractivity contribution in [3.8, 4) is 16.5 Å². The van der Waals surface area contributed by atoms with Crippen molar-refractivity contribution in [3.63, 3.8) is 0 Å². The second-order valence-corrected chi connectivity index (χ2v) is 9.99. The number of nitriles is 1. The highest BCUT2D eigenvalue weighted by Crippen LogP contribution is 2.37. The number of aryl methyl sites for hydroxylation is 1. The maximum atomic E-state index is 15.5. The molecule has 1 saturated heterocycles. The molecule has 0 aliphatic carbocycles. The van der Waals surface area contributed by atoms with Crippen LogP contribution in [0.3, 0.4) is 0 Å². The number of methoxy groups -OCH3 is 1. The maximum Gasteiger partial charge on any atom is 0.419 e. The molecule has 1 aliphatic heterocycles. The smallest absolute Gasteiger partial charge is 0.408 e. The van der Waals surface area contributed by atoms with Crippen LogP contribution >= 0.6 is 11.3 Å². The van der Waals surface area contributed by atoms with Crippen LogP contribution in [-0.2, 0) is 27.7 Å². The average Bonchev–Trinajstić information content (AvgIpc) is 3.35. The summed E-state index contributed by atoms with van der Waals surface area (Å²) in [6, 6.07) is 11.7. The van der Waals surface area contributed by atoms with Gasteiger partial charge in [-0.15, -0.1) is 11.3 Å². The molecule has 2 N–H and O–H groups in total. The van der Waals surface area contributed by atoms with Gasteiger partial charge in [0.2, 0.25) is 0 Å². The van der Waals surface area contributed by atoms with Crippen LogP contribution in [-0.4, -0.2) is 55.5 Å². The molecule has 1 amide bonds. The Hall–Kier alpha value is -3.56. The molecule has 4 aromatic rings. The zero-order valence-corrected chi connectivity index (χ0v) is 21.1.